The Morgan fingerprint density at radius 1 is 0.677 bits per heavy atom. The highest BCUT2D eigenvalue weighted by Gasteiger charge is 2.32. The van der Waals surface area contributed by atoms with Gasteiger partial charge in [-0.15, -0.1) is 0 Å². The maximum atomic E-state index is 13.3. The van der Waals surface area contributed by atoms with Gasteiger partial charge in [-0.3, -0.25) is 0 Å². The van der Waals surface area contributed by atoms with Crippen molar-refractivity contribution in [3.05, 3.63) is 131 Å². The number of carbonyl (C=O) groups excluding carboxylic acids is 1. The second kappa shape index (κ2) is 7.96. The molecule has 0 saturated heterocycles. The fourth-order valence-corrected chi connectivity index (χ4v) is 3.91. The van der Waals surface area contributed by atoms with E-state index < -0.39 is 6.09 Å². The van der Waals surface area contributed by atoms with E-state index >= 15 is 0 Å². The van der Waals surface area contributed by atoms with Crippen molar-refractivity contribution in [2.24, 2.45) is 0 Å². The number of cyclic esters (lactones) is 1. The summed E-state index contributed by atoms with van der Waals surface area (Å²) in [5, 5.41) is 0. The third-order valence-electron chi connectivity index (χ3n) is 5.41. The van der Waals surface area contributed by atoms with E-state index in [-0.39, 0.29) is 0 Å². The van der Waals surface area contributed by atoms with Gasteiger partial charge < -0.3 is 4.74 Å². The van der Waals surface area contributed by atoms with Crippen LogP contribution in [0.25, 0.3) is 11.3 Å². The van der Waals surface area contributed by atoms with Gasteiger partial charge in [0.15, 0.2) is 5.76 Å². The fraction of sp³-hybridized carbons (Fsp3) is 0.0357. The zero-order valence-electron chi connectivity index (χ0n) is 17.2. The molecule has 1 aliphatic heterocycles. The highest BCUT2D eigenvalue weighted by molar-refractivity contribution is 6.10. The maximum Gasteiger partial charge on any atom is 0.424 e. The van der Waals surface area contributed by atoms with Crippen molar-refractivity contribution in [1.29, 1.82) is 0 Å². The molecule has 4 aromatic rings. The van der Waals surface area contributed by atoms with Gasteiger partial charge in [-0.05, 0) is 42.3 Å². The minimum Gasteiger partial charge on any atom is -0.408 e. The Kier molecular flexibility index (Phi) is 4.85. The van der Waals surface area contributed by atoms with Gasteiger partial charge in [0.1, 0.15) is 0 Å². The summed E-state index contributed by atoms with van der Waals surface area (Å²) in [5.74, 6) is 0.572. The molecule has 0 bridgehead atoms. The van der Waals surface area contributed by atoms with Crippen LogP contribution in [0.2, 0.25) is 0 Å². The van der Waals surface area contributed by atoms with Crippen LogP contribution in [0.15, 0.2) is 109 Å². The minimum absolute atomic E-state index is 0.416. The number of rotatable bonds is 3. The van der Waals surface area contributed by atoms with Crippen LogP contribution in [-0.4, -0.2) is 6.09 Å². The molecule has 0 aromatic heterocycles. The Hall–Kier alpha value is -4.11. The molecule has 31 heavy (non-hydrogen) atoms. The molecular weight excluding hydrogens is 382 g/mol. The van der Waals surface area contributed by atoms with Gasteiger partial charge in [-0.1, -0.05) is 90.5 Å². The lowest BCUT2D eigenvalue weighted by molar-refractivity contribution is 0.200. The number of ether oxygens (including phenoxy) is 1. The summed E-state index contributed by atoms with van der Waals surface area (Å²) in [4.78, 5) is 14.9. The van der Waals surface area contributed by atoms with Gasteiger partial charge in [0.2, 0.25) is 0 Å². The summed E-state index contributed by atoms with van der Waals surface area (Å²) >= 11 is 0. The lowest BCUT2D eigenvalue weighted by Gasteiger charge is -2.31. The van der Waals surface area contributed by atoms with E-state index in [1.165, 1.54) is 5.56 Å². The van der Waals surface area contributed by atoms with Crippen molar-refractivity contribution in [3.8, 4) is 0 Å². The Bertz CT molecular complexity index is 1260. The molecule has 0 radical (unpaired) electrons. The van der Waals surface area contributed by atoms with Gasteiger partial charge >= 0.3 is 6.09 Å². The number of anilines is 2. The number of benzene rings is 4. The van der Waals surface area contributed by atoms with Crippen molar-refractivity contribution in [3.63, 3.8) is 0 Å². The molecule has 0 unspecified atom stereocenters. The van der Waals surface area contributed by atoms with E-state index in [0.717, 1.165) is 33.6 Å². The predicted molar refractivity (Wildman–Crippen MR) is 125 cm³/mol. The van der Waals surface area contributed by atoms with Crippen LogP contribution < -0.4 is 4.90 Å². The molecule has 0 atom stereocenters. The largest absolute Gasteiger partial charge is 0.424 e. The molecule has 4 aromatic carbocycles. The van der Waals surface area contributed by atoms with Gasteiger partial charge in [-0.2, -0.15) is 0 Å². The van der Waals surface area contributed by atoms with Crippen molar-refractivity contribution < 1.29 is 9.53 Å². The number of carbonyl (C=O) groups is 1. The summed E-state index contributed by atoms with van der Waals surface area (Å²) in [6, 6.07) is 35.8. The molecule has 0 aliphatic carbocycles. The van der Waals surface area contributed by atoms with E-state index in [1.807, 2.05) is 84.9 Å². The zero-order chi connectivity index (χ0) is 21.2. The van der Waals surface area contributed by atoms with Crippen LogP contribution in [0.3, 0.4) is 0 Å². The molecule has 1 amide bonds. The number of nitrogens with zero attached hydrogens (tertiary/aromatic N) is 1. The van der Waals surface area contributed by atoms with E-state index in [9.17, 15) is 4.79 Å². The Morgan fingerprint density at radius 3 is 1.97 bits per heavy atom. The second-order valence-electron chi connectivity index (χ2n) is 7.49. The van der Waals surface area contributed by atoms with Crippen molar-refractivity contribution in [1.82, 2.24) is 0 Å². The van der Waals surface area contributed by atoms with Gasteiger partial charge in [-0.25, -0.2) is 9.69 Å². The molecular formula is C28H21NO2. The van der Waals surface area contributed by atoms with Gasteiger partial charge in [0.25, 0.3) is 0 Å². The normalized spacial score (nSPS) is 14.6. The van der Waals surface area contributed by atoms with Gasteiger partial charge in [0, 0.05) is 11.1 Å². The highest BCUT2D eigenvalue weighted by atomic mass is 16.6. The lowest BCUT2D eigenvalue weighted by Crippen LogP contribution is -2.31. The summed E-state index contributed by atoms with van der Waals surface area (Å²) in [7, 11) is 0. The van der Waals surface area contributed by atoms with Crippen LogP contribution in [0, 0.1) is 6.92 Å². The smallest absolute Gasteiger partial charge is 0.408 e. The molecule has 0 N–H and O–H groups in total. The predicted octanol–water partition coefficient (Wildman–Crippen LogP) is 7.20. The van der Waals surface area contributed by atoms with Crippen molar-refractivity contribution in [2.45, 2.75) is 6.92 Å². The monoisotopic (exact) mass is 403 g/mol. The Morgan fingerprint density at radius 2 is 1.26 bits per heavy atom. The first-order valence-corrected chi connectivity index (χ1v) is 10.3. The van der Waals surface area contributed by atoms with E-state index in [0.29, 0.717) is 5.76 Å². The molecule has 0 saturated carbocycles. The third-order valence-corrected chi connectivity index (χ3v) is 5.41. The number of hydrogen-bond acceptors (Lipinski definition) is 2. The highest BCUT2D eigenvalue weighted by Crippen LogP contribution is 2.43. The first-order chi connectivity index (χ1) is 15.2. The number of fused-ring (bicyclic) bond motifs is 1. The molecule has 3 heteroatoms. The molecule has 150 valence electrons. The van der Waals surface area contributed by atoms with Crippen LogP contribution in [0.4, 0.5) is 16.2 Å². The Labute approximate surface area is 181 Å². The second-order valence-corrected chi connectivity index (χ2v) is 7.49. The number of amides is 1. The molecule has 1 aliphatic rings. The van der Waals surface area contributed by atoms with Crippen LogP contribution >= 0.6 is 0 Å². The van der Waals surface area contributed by atoms with Crippen LogP contribution in [-0.2, 0) is 4.74 Å². The molecule has 5 rings (SSSR count). The first kappa shape index (κ1) is 18.9. The standard InChI is InChI=1S/C28H21NO2/c1-20-16-18-22(19-17-20)26(21-10-4-2-5-11-21)27-24-14-8-9-15-25(24)29(28(30)31-27)23-12-6-3-7-13-23/h2-19H,1H3/b27-26+. The zero-order valence-corrected chi connectivity index (χ0v) is 17.2. The van der Waals surface area contributed by atoms with Crippen LogP contribution in [0.1, 0.15) is 22.3 Å². The minimum atomic E-state index is -0.416. The average molecular weight is 403 g/mol. The van der Waals surface area contributed by atoms with Crippen molar-refractivity contribution in [2.75, 3.05) is 4.90 Å². The fourth-order valence-electron chi connectivity index (χ4n) is 3.91. The van der Waals surface area contributed by atoms with E-state index in [4.69, 9.17) is 4.74 Å². The summed E-state index contributed by atoms with van der Waals surface area (Å²) in [6.45, 7) is 2.06. The molecule has 1 heterocycles. The van der Waals surface area contributed by atoms with Crippen LogP contribution in [0.5, 0.6) is 0 Å². The topological polar surface area (TPSA) is 29.5 Å². The Balaban J connectivity index is 1.78. The number of hydrogen-bond donors (Lipinski definition) is 0. The summed E-state index contributed by atoms with van der Waals surface area (Å²) in [6.07, 6.45) is -0.416. The first-order valence-electron chi connectivity index (χ1n) is 10.3. The number of para-hydroxylation sites is 2. The van der Waals surface area contributed by atoms with E-state index in [2.05, 4.69) is 31.2 Å². The molecule has 0 fully saturated rings. The maximum absolute atomic E-state index is 13.3. The summed E-state index contributed by atoms with van der Waals surface area (Å²) in [5.41, 5.74) is 6.53. The van der Waals surface area contributed by atoms with Crippen molar-refractivity contribution >= 4 is 28.8 Å². The van der Waals surface area contributed by atoms with Gasteiger partial charge in [0.05, 0.1) is 11.4 Å². The molecule has 0 spiro atoms. The lowest BCUT2D eigenvalue weighted by atomic mass is 9.92. The van der Waals surface area contributed by atoms with E-state index in [1.54, 1.807) is 4.90 Å². The third kappa shape index (κ3) is 3.51. The molecule has 3 nitrogen and oxygen atoms in total. The SMILES string of the molecule is Cc1ccc(/C(=C2/OC(=O)N(c3ccccc3)c3ccccc32)c2ccccc2)cc1. The number of aryl methyl sites for hydroxylation is 1. The average Bonchev–Trinajstić information content (AvgIpc) is 2.82. The quantitative estimate of drug-likeness (QED) is 0.362. The summed E-state index contributed by atoms with van der Waals surface area (Å²) < 4.78 is 6.05.